The molecular weight excluding hydrogens is 376 g/mol. The van der Waals surface area contributed by atoms with E-state index in [1.54, 1.807) is 0 Å². The van der Waals surface area contributed by atoms with Gasteiger partial charge in [0.05, 0.1) is 22.7 Å². The van der Waals surface area contributed by atoms with Crippen molar-refractivity contribution in [2.24, 2.45) is 0 Å². The standard InChI is InChI=1S/C16H10N4O6S/c17-9-23-15(24-10-18)5-1-13(2-6-15)27(21,22)14-3-7-16(8-4-14,25-11-19)26-12-20/h1-5,7H,6,8H2. The van der Waals surface area contributed by atoms with Gasteiger partial charge in [-0.1, -0.05) is 12.2 Å². The molecule has 0 saturated heterocycles. The highest BCUT2D eigenvalue weighted by Crippen LogP contribution is 2.34. The van der Waals surface area contributed by atoms with Crippen LogP contribution in [0.5, 0.6) is 0 Å². The van der Waals surface area contributed by atoms with E-state index < -0.39 is 21.4 Å². The van der Waals surface area contributed by atoms with Crippen LogP contribution in [0, 0.1) is 46.1 Å². The predicted octanol–water partition coefficient (Wildman–Crippen LogP) is 1.47. The van der Waals surface area contributed by atoms with E-state index in [2.05, 4.69) is 0 Å². The van der Waals surface area contributed by atoms with Gasteiger partial charge in [0.2, 0.25) is 9.84 Å². The summed E-state index contributed by atoms with van der Waals surface area (Å²) < 4.78 is 44.3. The second-order valence-corrected chi connectivity index (χ2v) is 7.14. The average Bonchev–Trinajstić information content (AvgIpc) is 2.63. The van der Waals surface area contributed by atoms with E-state index in [0.29, 0.717) is 0 Å². The van der Waals surface area contributed by atoms with Crippen molar-refractivity contribution in [1.29, 1.82) is 21.0 Å². The minimum absolute atomic E-state index is 0.105. The zero-order valence-electron chi connectivity index (χ0n) is 13.5. The molecule has 0 aromatic heterocycles. The minimum Gasteiger partial charge on any atom is -0.377 e. The minimum atomic E-state index is -3.95. The Morgan fingerprint density at radius 2 is 1.07 bits per heavy atom. The average molecular weight is 386 g/mol. The van der Waals surface area contributed by atoms with Gasteiger partial charge in [-0.05, 0) is 12.2 Å². The molecule has 0 unspecified atom stereocenters. The second-order valence-electron chi connectivity index (χ2n) is 5.19. The number of hydrogen-bond donors (Lipinski definition) is 0. The Morgan fingerprint density at radius 3 is 1.30 bits per heavy atom. The van der Waals surface area contributed by atoms with Crippen molar-refractivity contribution in [3.05, 3.63) is 46.3 Å². The lowest BCUT2D eigenvalue weighted by molar-refractivity contribution is -0.115. The van der Waals surface area contributed by atoms with Crippen LogP contribution in [0.4, 0.5) is 0 Å². The largest absolute Gasteiger partial charge is 0.377 e. The molecule has 0 bridgehead atoms. The van der Waals surface area contributed by atoms with Crippen molar-refractivity contribution >= 4 is 9.84 Å². The lowest BCUT2D eigenvalue weighted by Crippen LogP contribution is -2.33. The molecule has 0 N–H and O–H groups in total. The Morgan fingerprint density at radius 1 is 0.741 bits per heavy atom. The summed E-state index contributed by atoms with van der Waals surface area (Å²) in [6.07, 6.45) is 12.4. The summed E-state index contributed by atoms with van der Waals surface area (Å²) in [5, 5.41) is 34.6. The zero-order valence-corrected chi connectivity index (χ0v) is 14.3. The highest BCUT2D eigenvalue weighted by atomic mass is 32.2. The van der Waals surface area contributed by atoms with Gasteiger partial charge in [-0.2, -0.15) is 21.0 Å². The van der Waals surface area contributed by atoms with E-state index in [9.17, 15) is 8.42 Å². The van der Waals surface area contributed by atoms with E-state index in [1.807, 2.05) is 0 Å². The van der Waals surface area contributed by atoms with Crippen molar-refractivity contribution in [2.45, 2.75) is 24.4 Å². The van der Waals surface area contributed by atoms with Crippen LogP contribution < -0.4 is 0 Å². The van der Waals surface area contributed by atoms with E-state index >= 15 is 0 Å². The van der Waals surface area contributed by atoms with Crippen LogP contribution in [-0.4, -0.2) is 20.0 Å². The van der Waals surface area contributed by atoms with Gasteiger partial charge in [-0.25, -0.2) is 8.42 Å². The molecule has 0 aromatic rings. The fraction of sp³-hybridized carbons (Fsp3) is 0.250. The van der Waals surface area contributed by atoms with E-state index in [1.165, 1.54) is 37.2 Å². The van der Waals surface area contributed by atoms with Gasteiger partial charge < -0.3 is 18.9 Å². The first-order valence-electron chi connectivity index (χ1n) is 7.19. The van der Waals surface area contributed by atoms with Gasteiger partial charge >= 0.3 is 0 Å². The summed E-state index contributed by atoms with van der Waals surface area (Å²) in [5.41, 5.74) is 0. The molecule has 0 radical (unpaired) electrons. The van der Waals surface area contributed by atoms with Crippen LogP contribution in [0.15, 0.2) is 46.3 Å². The smallest absolute Gasteiger partial charge is 0.298 e. The summed E-state index contributed by atoms with van der Waals surface area (Å²) in [6.45, 7) is 0. The van der Waals surface area contributed by atoms with Crippen molar-refractivity contribution in [3.8, 4) is 25.0 Å². The summed E-state index contributed by atoms with van der Waals surface area (Å²) >= 11 is 0. The third kappa shape index (κ3) is 3.85. The number of ether oxygens (including phenoxy) is 4. The second kappa shape index (κ2) is 7.53. The number of nitriles is 4. The lowest BCUT2D eigenvalue weighted by Gasteiger charge is -2.27. The molecule has 0 aromatic carbocycles. The number of allylic oxidation sites excluding steroid dienone is 2. The summed E-state index contributed by atoms with van der Waals surface area (Å²) in [4.78, 5) is -0.209. The summed E-state index contributed by atoms with van der Waals surface area (Å²) in [7, 11) is -3.95. The SMILES string of the molecule is N#COC1(OC#N)C=CC(S(=O)(=O)C2=CCC(OC#N)(OC#N)C=C2)=CC1. The van der Waals surface area contributed by atoms with Crippen molar-refractivity contribution in [2.75, 3.05) is 0 Å². The molecule has 2 aliphatic rings. The number of rotatable bonds is 6. The third-order valence-electron chi connectivity index (χ3n) is 3.67. The molecule has 0 fully saturated rings. The van der Waals surface area contributed by atoms with Crippen molar-refractivity contribution < 1.29 is 27.4 Å². The van der Waals surface area contributed by atoms with Gasteiger partial charge in [-0.3, -0.25) is 0 Å². The first-order chi connectivity index (χ1) is 12.9. The first kappa shape index (κ1) is 19.4. The molecule has 136 valence electrons. The lowest BCUT2D eigenvalue weighted by atomic mass is 10.1. The molecule has 11 heteroatoms. The Balaban J connectivity index is 2.25. The molecule has 27 heavy (non-hydrogen) atoms. The molecule has 0 aliphatic heterocycles. The number of sulfone groups is 1. The van der Waals surface area contributed by atoms with Gasteiger partial charge in [0, 0.05) is 12.2 Å². The van der Waals surface area contributed by atoms with Gasteiger partial charge in [0.15, 0.2) is 0 Å². The summed E-state index contributed by atoms with van der Waals surface area (Å²) in [6, 6.07) is 0. The molecule has 10 nitrogen and oxygen atoms in total. The number of nitrogens with zero attached hydrogens (tertiary/aromatic N) is 4. The molecule has 0 saturated carbocycles. The normalized spacial score (nSPS) is 19.0. The quantitative estimate of drug-likeness (QED) is 0.481. The molecule has 0 atom stereocenters. The van der Waals surface area contributed by atoms with E-state index in [4.69, 9.17) is 40.0 Å². The summed E-state index contributed by atoms with van der Waals surface area (Å²) in [5.74, 6) is -3.37. The highest BCUT2D eigenvalue weighted by Gasteiger charge is 2.38. The van der Waals surface area contributed by atoms with Crippen LogP contribution in [0.1, 0.15) is 12.8 Å². The van der Waals surface area contributed by atoms with E-state index in [-0.39, 0.29) is 22.7 Å². The monoisotopic (exact) mass is 386 g/mol. The third-order valence-corrected chi connectivity index (χ3v) is 5.52. The Bertz CT molecular complexity index is 903. The molecular formula is C16H10N4O6S. The maximum atomic E-state index is 12.7. The Labute approximate surface area is 154 Å². The first-order valence-corrected chi connectivity index (χ1v) is 8.67. The van der Waals surface area contributed by atoms with Crippen LogP contribution >= 0.6 is 0 Å². The maximum absolute atomic E-state index is 12.7. The molecule has 0 amide bonds. The topological polar surface area (TPSA) is 166 Å². The molecule has 2 aliphatic carbocycles. The van der Waals surface area contributed by atoms with Gasteiger partial charge in [0.25, 0.3) is 36.6 Å². The highest BCUT2D eigenvalue weighted by molar-refractivity contribution is 7.99. The fourth-order valence-electron chi connectivity index (χ4n) is 2.36. The molecule has 0 spiro atoms. The van der Waals surface area contributed by atoms with Crippen molar-refractivity contribution in [3.63, 3.8) is 0 Å². The van der Waals surface area contributed by atoms with Gasteiger partial charge in [0.1, 0.15) is 0 Å². The predicted molar refractivity (Wildman–Crippen MR) is 84.9 cm³/mol. The maximum Gasteiger partial charge on any atom is 0.298 e. The fourth-order valence-corrected chi connectivity index (χ4v) is 3.74. The van der Waals surface area contributed by atoms with Crippen LogP contribution in [0.2, 0.25) is 0 Å². The van der Waals surface area contributed by atoms with Crippen LogP contribution in [-0.2, 0) is 28.8 Å². The molecule has 2 rings (SSSR count). The zero-order chi connectivity index (χ0) is 20.0. The Hall–Kier alpha value is -3.93. The Kier molecular flexibility index (Phi) is 5.41. The van der Waals surface area contributed by atoms with E-state index in [0.717, 1.165) is 24.3 Å². The van der Waals surface area contributed by atoms with Crippen LogP contribution in [0.25, 0.3) is 0 Å². The van der Waals surface area contributed by atoms with Crippen molar-refractivity contribution in [1.82, 2.24) is 0 Å². The van der Waals surface area contributed by atoms with Crippen LogP contribution in [0.3, 0.4) is 0 Å². The van der Waals surface area contributed by atoms with Gasteiger partial charge in [-0.15, -0.1) is 0 Å². The number of hydrogen-bond acceptors (Lipinski definition) is 10. The molecule has 0 heterocycles.